The molecule has 0 saturated heterocycles. The summed E-state index contributed by atoms with van der Waals surface area (Å²) in [5.41, 5.74) is 4.58. The molecule has 0 bridgehead atoms. The Morgan fingerprint density at radius 3 is 2.83 bits per heavy atom. The Morgan fingerprint density at radius 2 is 2.11 bits per heavy atom. The van der Waals surface area contributed by atoms with Gasteiger partial charge in [0.2, 0.25) is 5.91 Å². The number of fused-ring (bicyclic) bond motifs is 1. The van der Waals surface area contributed by atoms with Crippen LogP contribution in [0.5, 0.6) is 0 Å². The van der Waals surface area contributed by atoms with E-state index in [-0.39, 0.29) is 5.91 Å². The Balaban J connectivity index is 2.08. The van der Waals surface area contributed by atoms with Crippen LogP contribution in [0.4, 0.5) is 0 Å². The highest BCUT2D eigenvalue weighted by Gasteiger charge is 2.14. The first-order valence-electron chi connectivity index (χ1n) is 5.42. The second kappa shape index (κ2) is 3.99. The van der Waals surface area contributed by atoms with Crippen molar-refractivity contribution in [1.29, 1.82) is 0 Å². The van der Waals surface area contributed by atoms with Crippen molar-refractivity contribution < 1.29 is 9.32 Å². The molecule has 3 rings (SSSR count). The molecule has 1 amide bonds. The van der Waals surface area contributed by atoms with Crippen molar-refractivity contribution in [1.82, 2.24) is 15.0 Å². The minimum atomic E-state index is -0.200. The highest BCUT2D eigenvalue weighted by molar-refractivity contribution is 5.89. The maximum absolute atomic E-state index is 10.9. The predicted molar refractivity (Wildman–Crippen MR) is 65.3 cm³/mol. The highest BCUT2D eigenvalue weighted by Crippen LogP contribution is 2.26. The van der Waals surface area contributed by atoms with Crippen LogP contribution in [0.15, 0.2) is 41.1 Å². The number of nitrogens with zero attached hydrogens (tertiary/aromatic N) is 3. The third-order valence-electron chi connectivity index (χ3n) is 2.48. The normalized spacial score (nSPS) is 10.7. The second-order valence-corrected chi connectivity index (χ2v) is 3.86. The zero-order valence-electron chi connectivity index (χ0n) is 9.62. The Kier molecular flexibility index (Phi) is 2.33. The molecule has 3 aromatic rings. The van der Waals surface area contributed by atoms with Crippen molar-refractivity contribution in [2.24, 2.45) is 0 Å². The Bertz CT molecular complexity index is 699. The van der Waals surface area contributed by atoms with E-state index in [1.165, 1.54) is 11.7 Å². The first-order valence-corrected chi connectivity index (χ1v) is 5.42. The van der Waals surface area contributed by atoms with Crippen LogP contribution in [-0.4, -0.2) is 21.0 Å². The zero-order valence-corrected chi connectivity index (χ0v) is 9.62. The van der Waals surface area contributed by atoms with Gasteiger partial charge in [-0.3, -0.25) is 4.79 Å². The maximum atomic E-state index is 10.9. The van der Waals surface area contributed by atoms with Crippen LogP contribution in [0.25, 0.3) is 22.4 Å². The molecule has 0 fully saturated rings. The monoisotopic (exact) mass is 242 g/mol. The van der Waals surface area contributed by atoms with Gasteiger partial charge in [-0.2, -0.15) is 4.79 Å². The van der Waals surface area contributed by atoms with E-state index < -0.39 is 0 Å². The van der Waals surface area contributed by atoms with Gasteiger partial charge in [0.05, 0.1) is 11.6 Å². The van der Waals surface area contributed by atoms with Crippen LogP contribution >= 0.6 is 0 Å². The van der Waals surface area contributed by atoms with Gasteiger partial charge in [0.15, 0.2) is 0 Å². The van der Waals surface area contributed by atoms with Gasteiger partial charge < -0.3 is 4.52 Å². The molecule has 2 aromatic heterocycles. The van der Waals surface area contributed by atoms with Gasteiger partial charge in [-0.15, -0.1) is 5.10 Å². The van der Waals surface area contributed by atoms with Gasteiger partial charge in [-0.1, -0.05) is 35.5 Å². The van der Waals surface area contributed by atoms with E-state index >= 15 is 0 Å². The first kappa shape index (κ1) is 10.5. The van der Waals surface area contributed by atoms with E-state index in [4.69, 9.17) is 4.52 Å². The molecule has 0 saturated carbocycles. The van der Waals surface area contributed by atoms with Crippen molar-refractivity contribution in [3.05, 3.63) is 36.5 Å². The maximum Gasteiger partial charge on any atom is 0.278 e. The van der Waals surface area contributed by atoms with Gasteiger partial charge in [-0.05, 0) is 0 Å². The van der Waals surface area contributed by atoms with E-state index in [9.17, 15) is 4.79 Å². The lowest BCUT2D eigenvalue weighted by atomic mass is 10.1. The van der Waals surface area contributed by atoms with E-state index in [0.29, 0.717) is 11.4 Å². The van der Waals surface area contributed by atoms with Gasteiger partial charge in [0, 0.05) is 12.5 Å². The molecule has 0 aliphatic heterocycles. The number of amides is 1. The smallest absolute Gasteiger partial charge is 0.278 e. The molecule has 0 aliphatic carbocycles. The molecule has 1 N–H and O–H groups in total. The van der Waals surface area contributed by atoms with E-state index in [1.54, 1.807) is 6.20 Å². The molecule has 0 radical (unpaired) electrons. The van der Waals surface area contributed by atoms with Crippen molar-refractivity contribution >= 4 is 17.0 Å². The summed E-state index contributed by atoms with van der Waals surface area (Å²) in [6.45, 7) is 1.42. The van der Waals surface area contributed by atoms with Crippen LogP contribution < -0.4 is 5.43 Å². The number of benzene rings is 1. The molecule has 6 nitrogen and oxygen atoms in total. The molecule has 0 atom stereocenters. The molecule has 0 spiro atoms. The fourth-order valence-corrected chi connectivity index (χ4v) is 1.75. The average Bonchev–Trinajstić information content (AvgIpc) is 2.88. The van der Waals surface area contributed by atoms with Crippen molar-refractivity contribution in [3.63, 3.8) is 0 Å². The summed E-state index contributed by atoms with van der Waals surface area (Å²) in [7, 11) is 0. The third kappa shape index (κ3) is 1.73. The summed E-state index contributed by atoms with van der Waals surface area (Å²) in [6, 6.07) is 9.66. The molecule has 2 heterocycles. The summed E-state index contributed by atoms with van der Waals surface area (Å²) >= 11 is 0. The number of carbonyl (C=O) groups is 1. The van der Waals surface area contributed by atoms with Crippen LogP contribution in [-0.2, 0) is 4.79 Å². The number of hydrogen-bond donors (Lipinski definition) is 1. The third-order valence-corrected chi connectivity index (χ3v) is 2.48. The summed E-state index contributed by atoms with van der Waals surface area (Å²) in [6.07, 6.45) is 1.68. The minimum absolute atomic E-state index is 0.200. The van der Waals surface area contributed by atoms with Crippen LogP contribution in [0.3, 0.4) is 0 Å². The van der Waals surface area contributed by atoms with Crippen LogP contribution in [0.2, 0.25) is 0 Å². The van der Waals surface area contributed by atoms with E-state index in [0.717, 1.165) is 10.9 Å². The molecule has 6 heteroatoms. The first-order chi connectivity index (χ1) is 8.74. The summed E-state index contributed by atoms with van der Waals surface area (Å²) in [5, 5.41) is 8.80. The molecule has 1 aromatic carbocycles. The molecule has 0 aliphatic rings. The van der Waals surface area contributed by atoms with E-state index in [1.807, 2.05) is 30.3 Å². The molecule has 18 heavy (non-hydrogen) atoms. The van der Waals surface area contributed by atoms with E-state index in [2.05, 4.69) is 15.7 Å². The fraction of sp³-hybridized carbons (Fsp3) is 0.0833. The fourth-order valence-electron chi connectivity index (χ4n) is 1.75. The number of aromatic nitrogens is 3. The number of carbonyl (C=O) groups excluding carboxylic acids is 1. The lowest BCUT2D eigenvalue weighted by Gasteiger charge is -1.98. The molecule has 0 unspecified atom stereocenters. The van der Waals surface area contributed by atoms with Crippen LogP contribution in [0.1, 0.15) is 6.92 Å². The SMILES string of the molecule is CC(=O)Nn1cc2c(-c3ccccc3)noc2n1. The van der Waals surface area contributed by atoms with Crippen molar-refractivity contribution in [2.75, 3.05) is 5.43 Å². The van der Waals surface area contributed by atoms with Gasteiger partial charge in [-0.25, -0.2) is 5.43 Å². The quantitative estimate of drug-likeness (QED) is 0.743. The summed E-state index contributed by atoms with van der Waals surface area (Å²) < 4.78 is 5.13. The molecular formula is C12H10N4O2. The molecule has 90 valence electrons. The Hall–Kier alpha value is -2.63. The van der Waals surface area contributed by atoms with Gasteiger partial charge in [0.25, 0.3) is 5.71 Å². The average molecular weight is 242 g/mol. The number of rotatable bonds is 2. The van der Waals surface area contributed by atoms with Crippen molar-refractivity contribution in [3.8, 4) is 11.3 Å². The Morgan fingerprint density at radius 1 is 1.33 bits per heavy atom. The standard InChI is InChI=1S/C12H10N4O2/c1-8(17)13-16-7-10-11(15-18-12(10)14-16)9-5-3-2-4-6-9/h2-7H,1H3,(H,13,17). The Labute approximate surface area is 102 Å². The second-order valence-electron chi connectivity index (χ2n) is 3.86. The van der Waals surface area contributed by atoms with Crippen molar-refractivity contribution in [2.45, 2.75) is 6.92 Å². The topological polar surface area (TPSA) is 73.0 Å². The van der Waals surface area contributed by atoms with Gasteiger partial charge >= 0.3 is 0 Å². The lowest BCUT2D eigenvalue weighted by Crippen LogP contribution is -2.19. The number of nitrogens with one attached hydrogen (secondary N) is 1. The highest BCUT2D eigenvalue weighted by atomic mass is 16.5. The summed E-state index contributed by atoms with van der Waals surface area (Å²) in [4.78, 5) is 12.3. The largest absolute Gasteiger partial charge is 0.333 e. The van der Waals surface area contributed by atoms with Crippen LogP contribution in [0, 0.1) is 0 Å². The zero-order chi connectivity index (χ0) is 12.5. The summed E-state index contributed by atoms with van der Waals surface area (Å²) in [5.74, 6) is -0.200. The van der Waals surface area contributed by atoms with Gasteiger partial charge in [0.1, 0.15) is 5.69 Å². The lowest BCUT2D eigenvalue weighted by molar-refractivity contribution is -0.115. The number of hydrogen-bond acceptors (Lipinski definition) is 4. The predicted octanol–water partition coefficient (Wildman–Crippen LogP) is 1.78. The minimum Gasteiger partial charge on any atom is -0.333 e. The molecular weight excluding hydrogens is 232 g/mol.